The second-order valence-electron chi connectivity index (χ2n) is 8.89. The molecule has 1 aliphatic carbocycles. The van der Waals surface area contributed by atoms with Crippen LogP contribution in [0.25, 0.3) is 0 Å². The standard InChI is InChI=1S/C23H32ClN3O3/c1-16-11-21(26-27(16)13-18-14-30-18)17-7-8-20(24)19(12-17)22(28)25-15-23(29)9-5-3-2-4-6-10-23/h7-8,11-12,18,21,26,29H,2-6,9-10,13-15H2,1H3,(H,25,28)/t18-,21?/m1/s1. The quantitative estimate of drug-likeness (QED) is 0.596. The van der Waals surface area contributed by atoms with Gasteiger partial charge in [-0.15, -0.1) is 0 Å². The van der Waals surface area contributed by atoms with Crippen molar-refractivity contribution in [1.82, 2.24) is 15.8 Å². The molecule has 0 bridgehead atoms. The highest BCUT2D eigenvalue weighted by Gasteiger charge is 2.31. The highest BCUT2D eigenvalue weighted by Crippen LogP contribution is 2.29. The number of carbonyl (C=O) groups excluding carboxylic acids is 1. The number of hydrazine groups is 1. The maximum absolute atomic E-state index is 12.9. The first kappa shape index (κ1) is 21.6. The van der Waals surface area contributed by atoms with Crippen LogP contribution in [0.2, 0.25) is 5.02 Å². The van der Waals surface area contributed by atoms with Crippen molar-refractivity contribution in [1.29, 1.82) is 0 Å². The summed E-state index contributed by atoms with van der Waals surface area (Å²) in [7, 11) is 0. The van der Waals surface area contributed by atoms with Gasteiger partial charge in [0.25, 0.3) is 5.91 Å². The lowest BCUT2D eigenvalue weighted by Crippen LogP contribution is -2.43. The van der Waals surface area contributed by atoms with Gasteiger partial charge in [0, 0.05) is 12.2 Å². The van der Waals surface area contributed by atoms with Gasteiger partial charge in [0.15, 0.2) is 0 Å². The fourth-order valence-corrected chi connectivity index (χ4v) is 4.58. The Balaban J connectivity index is 1.40. The van der Waals surface area contributed by atoms with Gasteiger partial charge in [-0.05, 0) is 43.5 Å². The van der Waals surface area contributed by atoms with Crippen LogP contribution in [0.1, 0.15) is 73.8 Å². The molecule has 2 fully saturated rings. The van der Waals surface area contributed by atoms with E-state index in [1.54, 1.807) is 6.07 Å². The van der Waals surface area contributed by atoms with Crippen LogP contribution in [0.3, 0.4) is 0 Å². The highest BCUT2D eigenvalue weighted by molar-refractivity contribution is 6.33. The largest absolute Gasteiger partial charge is 0.388 e. The lowest BCUT2D eigenvalue weighted by atomic mass is 9.87. The van der Waals surface area contributed by atoms with Gasteiger partial charge in [0.05, 0.1) is 41.5 Å². The van der Waals surface area contributed by atoms with E-state index in [-0.39, 0.29) is 18.5 Å². The minimum Gasteiger partial charge on any atom is -0.388 e. The Hall–Kier alpha value is -1.60. The van der Waals surface area contributed by atoms with E-state index >= 15 is 0 Å². The smallest absolute Gasteiger partial charge is 0.252 e. The summed E-state index contributed by atoms with van der Waals surface area (Å²) in [5.74, 6) is -0.237. The van der Waals surface area contributed by atoms with Gasteiger partial charge in [-0.2, -0.15) is 0 Å². The molecule has 4 rings (SSSR count). The molecular formula is C23H32ClN3O3. The fraction of sp³-hybridized carbons (Fsp3) is 0.609. The maximum Gasteiger partial charge on any atom is 0.252 e. The van der Waals surface area contributed by atoms with Crippen molar-refractivity contribution >= 4 is 17.5 Å². The van der Waals surface area contributed by atoms with Gasteiger partial charge in [0.2, 0.25) is 0 Å². The van der Waals surface area contributed by atoms with Gasteiger partial charge in [-0.1, -0.05) is 49.8 Å². The van der Waals surface area contributed by atoms with E-state index in [0.717, 1.165) is 62.9 Å². The summed E-state index contributed by atoms with van der Waals surface area (Å²) in [5.41, 5.74) is 5.21. The molecule has 3 N–H and O–H groups in total. The molecule has 1 aromatic carbocycles. The van der Waals surface area contributed by atoms with Crippen LogP contribution < -0.4 is 10.7 Å². The van der Waals surface area contributed by atoms with Crippen molar-refractivity contribution < 1.29 is 14.6 Å². The monoisotopic (exact) mass is 433 g/mol. The Labute approximate surface area is 183 Å². The molecule has 7 heteroatoms. The van der Waals surface area contributed by atoms with Gasteiger partial charge < -0.3 is 20.2 Å². The molecule has 2 aliphatic heterocycles. The molecule has 1 aromatic rings. The van der Waals surface area contributed by atoms with Crippen molar-refractivity contribution in [3.05, 3.63) is 46.1 Å². The van der Waals surface area contributed by atoms with Crippen LogP contribution >= 0.6 is 11.6 Å². The molecule has 0 aromatic heterocycles. The van der Waals surface area contributed by atoms with E-state index in [9.17, 15) is 9.90 Å². The molecule has 1 saturated heterocycles. The number of carbonyl (C=O) groups is 1. The lowest BCUT2D eigenvalue weighted by Gasteiger charge is -2.30. The van der Waals surface area contributed by atoms with E-state index in [1.165, 1.54) is 6.42 Å². The summed E-state index contributed by atoms with van der Waals surface area (Å²) in [6, 6.07) is 5.55. The Morgan fingerprint density at radius 1 is 1.30 bits per heavy atom. The first-order valence-corrected chi connectivity index (χ1v) is 11.5. The Morgan fingerprint density at radius 2 is 2.00 bits per heavy atom. The average molecular weight is 434 g/mol. The molecule has 3 aliphatic rings. The van der Waals surface area contributed by atoms with Crippen LogP contribution in [0.5, 0.6) is 0 Å². The number of benzene rings is 1. The predicted molar refractivity (Wildman–Crippen MR) is 117 cm³/mol. The molecule has 30 heavy (non-hydrogen) atoms. The van der Waals surface area contributed by atoms with Gasteiger partial charge in [-0.25, -0.2) is 5.43 Å². The zero-order chi connectivity index (χ0) is 21.1. The van der Waals surface area contributed by atoms with E-state index in [2.05, 4.69) is 28.8 Å². The molecule has 2 atom stereocenters. The van der Waals surface area contributed by atoms with Crippen molar-refractivity contribution in [2.75, 3.05) is 19.7 Å². The van der Waals surface area contributed by atoms with Crippen LogP contribution in [0, 0.1) is 0 Å². The fourth-order valence-electron chi connectivity index (χ4n) is 4.37. The van der Waals surface area contributed by atoms with E-state index in [0.29, 0.717) is 16.7 Å². The summed E-state index contributed by atoms with van der Waals surface area (Å²) in [6.45, 7) is 3.96. The molecule has 0 spiro atoms. The van der Waals surface area contributed by atoms with Crippen molar-refractivity contribution in [3.63, 3.8) is 0 Å². The molecule has 6 nitrogen and oxygen atoms in total. The lowest BCUT2D eigenvalue weighted by molar-refractivity contribution is 0.0146. The number of hydrogen-bond donors (Lipinski definition) is 3. The number of nitrogens with zero attached hydrogens (tertiary/aromatic N) is 1. The summed E-state index contributed by atoms with van der Waals surface area (Å²) in [6.07, 6.45) is 9.45. The number of epoxide rings is 1. The number of halogens is 1. The molecular weight excluding hydrogens is 402 g/mol. The van der Waals surface area contributed by atoms with E-state index < -0.39 is 5.60 Å². The zero-order valence-corrected chi connectivity index (χ0v) is 18.4. The second kappa shape index (κ2) is 9.27. The Bertz CT molecular complexity index is 801. The van der Waals surface area contributed by atoms with E-state index in [1.807, 2.05) is 12.1 Å². The summed E-state index contributed by atoms with van der Waals surface area (Å²) in [4.78, 5) is 12.9. The minimum atomic E-state index is -0.821. The number of allylic oxidation sites excluding steroid dienone is 1. The van der Waals surface area contributed by atoms with Gasteiger partial charge in [-0.3, -0.25) is 4.79 Å². The van der Waals surface area contributed by atoms with Crippen LogP contribution in [-0.2, 0) is 4.74 Å². The van der Waals surface area contributed by atoms with E-state index in [4.69, 9.17) is 16.3 Å². The molecule has 1 saturated carbocycles. The topological polar surface area (TPSA) is 77.1 Å². The molecule has 1 unspecified atom stereocenters. The average Bonchev–Trinajstić information content (AvgIpc) is 3.45. The van der Waals surface area contributed by atoms with Crippen molar-refractivity contribution in [2.24, 2.45) is 0 Å². The zero-order valence-electron chi connectivity index (χ0n) is 17.6. The second-order valence-corrected chi connectivity index (χ2v) is 9.30. The van der Waals surface area contributed by atoms with Crippen molar-refractivity contribution in [2.45, 2.75) is 69.6 Å². The normalized spacial score (nSPS) is 26.0. The number of ether oxygens (including phenoxy) is 1. The van der Waals surface area contributed by atoms with Gasteiger partial charge >= 0.3 is 0 Å². The molecule has 164 valence electrons. The summed E-state index contributed by atoms with van der Waals surface area (Å²) >= 11 is 6.35. The molecule has 2 heterocycles. The Kier molecular flexibility index (Phi) is 6.68. The number of rotatable bonds is 6. The molecule has 0 radical (unpaired) electrons. The number of amides is 1. The summed E-state index contributed by atoms with van der Waals surface area (Å²) < 4.78 is 5.33. The first-order valence-electron chi connectivity index (χ1n) is 11.1. The van der Waals surface area contributed by atoms with Crippen molar-refractivity contribution in [3.8, 4) is 0 Å². The Morgan fingerprint density at radius 3 is 2.70 bits per heavy atom. The number of nitrogens with one attached hydrogen (secondary N) is 2. The minimum absolute atomic E-state index is 0.0117. The third-order valence-electron chi connectivity index (χ3n) is 6.37. The van der Waals surface area contributed by atoms with Crippen LogP contribution in [0.15, 0.2) is 30.0 Å². The first-order chi connectivity index (χ1) is 14.4. The van der Waals surface area contributed by atoms with Crippen LogP contribution in [0.4, 0.5) is 0 Å². The number of aliphatic hydroxyl groups is 1. The highest BCUT2D eigenvalue weighted by atomic mass is 35.5. The summed E-state index contributed by atoms with van der Waals surface area (Å²) in [5, 5.41) is 16.4. The third kappa shape index (κ3) is 5.35. The SMILES string of the molecule is CC1=CC(c2ccc(Cl)c(C(=O)NCC3(O)CCCCCCC3)c2)NN1C[C@@H]1CO1. The van der Waals surface area contributed by atoms with Crippen LogP contribution in [-0.4, -0.2) is 47.4 Å². The predicted octanol–water partition coefficient (Wildman–Crippen LogP) is 3.71. The number of hydrogen-bond acceptors (Lipinski definition) is 5. The maximum atomic E-state index is 12.9. The third-order valence-corrected chi connectivity index (χ3v) is 6.70. The molecule has 1 amide bonds. The van der Waals surface area contributed by atoms with Gasteiger partial charge in [0.1, 0.15) is 0 Å².